The lowest BCUT2D eigenvalue weighted by molar-refractivity contribution is 0.111. The summed E-state index contributed by atoms with van der Waals surface area (Å²) < 4.78 is 1.70. The van der Waals surface area contributed by atoms with E-state index in [0.717, 1.165) is 38.2 Å². The number of nitrogens with one attached hydrogen (secondary N) is 1. The van der Waals surface area contributed by atoms with Crippen LogP contribution in [0.15, 0.2) is 6.20 Å². The van der Waals surface area contributed by atoms with Crippen LogP contribution in [0.25, 0.3) is 0 Å². The molecule has 16 heavy (non-hydrogen) atoms. The van der Waals surface area contributed by atoms with Gasteiger partial charge in [0.15, 0.2) is 6.29 Å². The van der Waals surface area contributed by atoms with Crippen LogP contribution in [0.1, 0.15) is 23.0 Å². The van der Waals surface area contributed by atoms with Gasteiger partial charge in [-0.05, 0) is 6.92 Å². The molecule has 2 heterocycles. The Morgan fingerprint density at radius 2 is 2.50 bits per heavy atom. The first-order valence-electron chi connectivity index (χ1n) is 5.63. The largest absolute Gasteiger partial charge is 0.314 e. The van der Waals surface area contributed by atoms with Gasteiger partial charge in [-0.2, -0.15) is 5.10 Å². The second-order valence-corrected chi connectivity index (χ2v) is 4.35. The second-order valence-electron chi connectivity index (χ2n) is 4.35. The van der Waals surface area contributed by atoms with E-state index >= 15 is 0 Å². The van der Waals surface area contributed by atoms with Crippen molar-refractivity contribution >= 4 is 6.29 Å². The highest BCUT2D eigenvalue weighted by Gasteiger charge is 2.20. The van der Waals surface area contributed by atoms with Gasteiger partial charge in [0.2, 0.25) is 0 Å². The van der Waals surface area contributed by atoms with Crippen LogP contribution in [-0.4, -0.2) is 46.6 Å². The van der Waals surface area contributed by atoms with Gasteiger partial charge in [0, 0.05) is 45.5 Å². The maximum Gasteiger partial charge on any atom is 0.153 e. The quantitative estimate of drug-likeness (QED) is 0.733. The molecule has 1 saturated heterocycles. The van der Waals surface area contributed by atoms with E-state index in [2.05, 4.69) is 22.2 Å². The number of nitrogens with zero attached hydrogens (tertiary/aromatic N) is 3. The van der Waals surface area contributed by atoms with Gasteiger partial charge in [-0.15, -0.1) is 0 Å². The summed E-state index contributed by atoms with van der Waals surface area (Å²) in [7, 11) is 1.84. The summed E-state index contributed by atoms with van der Waals surface area (Å²) in [5.41, 5.74) is 1.58. The SMILES string of the molecule is CC1CNCCN1Cc1nn(C)cc1C=O. The van der Waals surface area contributed by atoms with Crippen molar-refractivity contribution in [2.75, 3.05) is 19.6 Å². The smallest absolute Gasteiger partial charge is 0.153 e. The van der Waals surface area contributed by atoms with Crippen molar-refractivity contribution in [1.82, 2.24) is 20.0 Å². The molecule has 5 nitrogen and oxygen atoms in total. The minimum Gasteiger partial charge on any atom is -0.314 e. The van der Waals surface area contributed by atoms with Gasteiger partial charge in [0.25, 0.3) is 0 Å². The summed E-state index contributed by atoms with van der Waals surface area (Å²) in [6.45, 7) is 5.97. The lowest BCUT2D eigenvalue weighted by Gasteiger charge is -2.33. The molecule has 0 saturated carbocycles. The molecule has 1 aliphatic heterocycles. The highest BCUT2D eigenvalue weighted by atomic mass is 16.1. The number of hydrogen-bond donors (Lipinski definition) is 1. The molecule has 0 aromatic carbocycles. The Morgan fingerprint density at radius 1 is 1.69 bits per heavy atom. The minimum absolute atomic E-state index is 0.496. The zero-order chi connectivity index (χ0) is 11.5. The van der Waals surface area contributed by atoms with Gasteiger partial charge in [-0.25, -0.2) is 0 Å². The van der Waals surface area contributed by atoms with Crippen LogP contribution in [0, 0.1) is 0 Å². The first-order valence-corrected chi connectivity index (χ1v) is 5.63. The zero-order valence-corrected chi connectivity index (χ0v) is 9.81. The standard InChI is InChI=1S/C11H18N4O/c1-9-5-12-3-4-15(9)7-11-10(8-16)6-14(2)13-11/h6,8-9,12H,3-5,7H2,1-2H3. The third-order valence-corrected chi connectivity index (χ3v) is 3.06. The van der Waals surface area contributed by atoms with Crippen LogP contribution in [0.3, 0.4) is 0 Å². The van der Waals surface area contributed by atoms with Crippen molar-refractivity contribution in [2.24, 2.45) is 7.05 Å². The Hall–Kier alpha value is -1.20. The van der Waals surface area contributed by atoms with Crippen LogP contribution in [0.4, 0.5) is 0 Å². The van der Waals surface area contributed by atoms with Crippen LogP contribution < -0.4 is 5.32 Å². The van der Waals surface area contributed by atoms with Crippen molar-refractivity contribution in [1.29, 1.82) is 0 Å². The van der Waals surface area contributed by atoms with Crippen LogP contribution >= 0.6 is 0 Å². The molecule has 88 valence electrons. The fraction of sp³-hybridized carbons (Fsp3) is 0.636. The summed E-state index contributed by atoms with van der Waals surface area (Å²) >= 11 is 0. The van der Waals surface area contributed by atoms with Crippen molar-refractivity contribution in [3.63, 3.8) is 0 Å². The number of aromatic nitrogens is 2. The summed E-state index contributed by atoms with van der Waals surface area (Å²) in [5, 5.41) is 7.68. The molecule has 0 aliphatic carbocycles. The average molecular weight is 222 g/mol. The molecular weight excluding hydrogens is 204 g/mol. The summed E-state index contributed by atoms with van der Waals surface area (Å²) in [4.78, 5) is 13.2. The van der Waals surface area contributed by atoms with Crippen LogP contribution in [0.5, 0.6) is 0 Å². The van der Waals surface area contributed by atoms with E-state index in [1.807, 2.05) is 7.05 Å². The third kappa shape index (κ3) is 2.31. The van der Waals surface area contributed by atoms with E-state index in [1.54, 1.807) is 10.9 Å². The predicted molar refractivity (Wildman–Crippen MR) is 61.3 cm³/mol. The van der Waals surface area contributed by atoms with E-state index in [-0.39, 0.29) is 0 Å². The van der Waals surface area contributed by atoms with Gasteiger partial charge < -0.3 is 5.32 Å². The molecule has 1 aliphatic rings. The number of piperazine rings is 1. The molecule has 1 fully saturated rings. The Bertz CT molecular complexity index is 374. The Labute approximate surface area is 95.4 Å². The highest BCUT2D eigenvalue weighted by molar-refractivity contribution is 5.75. The number of aldehydes is 1. The fourth-order valence-corrected chi connectivity index (χ4v) is 2.08. The Kier molecular flexibility index (Phi) is 3.36. The molecule has 1 aromatic heterocycles. The van der Waals surface area contributed by atoms with E-state index in [4.69, 9.17) is 0 Å². The number of hydrogen-bond acceptors (Lipinski definition) is 4. The first kappa shape index (κ1) is 11.3. The number of aryl methyl sites for hydroxylation is 1. The molecule has 1 aromatic rings. The molecule has 1 N–H and O–H groups in total. The fourth-order valence-electron chi connectivity index (χ4n) is 2.08. The third-order valence-electron chi connectivity index (χ3n) is 3.06. The summed E-state index contributed by atoms with van der Waals surface area (Å²) in [6.07, 6.45) is 2.66. The summed E-state index contributed by atoms with van der Waals surface area (Å²) in [5.74, 6) is 0. The molecule has 5 heteroatoms. The number of carbonyl (C=O) groups excluding carboxylic acids is 1. The summed E-state index contributed by atoms with van der Waals surface area (Å²) in [6, 6.07) is 0.496. The second kappa shape index (κ2) is 4.76. The van der Waals surface area contributed by atoms with E-state index in [1.165, 1.54) is 0 Å². The van der Waals surface area contributed by atoms with E-state index in [0.29, 0.717) is 11.6 Å². The van der Waals surface area contributed by atoms with Gasteiger partial charge in [-0.3, -0.25) is 14.4 Å². The van der Waals surface area contributed by atoms with Gasteiger partial charge in [0.1, 0.15) is 0 Å². The Balaban J connectivity index is 2.09. The van der Waals surface area contributed by atoms with Crippen molar-refractivity contribution in [2.45, 2.75) is 19.5 Å². The monoisotopic (exact) mass is 222 g/mol. The maximum absolute atomic E-state index is 10.9. The van der Waals surface area contributed by atoms with Crippen LogP contribution in [0.2, 0.25) is 0 Å². The van der Waals surface area contributed by atoms with Crippen LogP contribution in [-0.2, 0) is 13.6 Å². The number of carbonyl (C=O) groups is 1. The Morgan fingerprint density at radius 3 is 3.19 bits per heavy atom. The van der Waals surface area contributed by atoms with E-state index < -0.39 is 0 Å². The lowest BCUT2D eigenvalue weighted by Crippen LogP contribution is -2.49. The molecule has 2 rings (SSSR count). The molecule has 1 atom stereocenters. The van der Waals surface area contributed by atoms with Crippen molar-refractivity contribution in [3.8, 4) is 0 Å². The molecule has 1 unspecified atom stereocenters. The molecule has 0 radical (unpaired) electrons. The van der Waals surface area contributed by atoms with Crippen molar-refractivity contribution < 1.29 is 4.79 Å². The van der Waals surface area contributed by atoms with Gasteiger partial charge in [0.05, 0.1) is 11.3 Å². The molecule has 0 spiro atoms. The maximum atomic E-state index is 10.9. The highest BCUT2D eigenvalue weighted by Crippen LogP contribution is 2.11. The topological polar surface area (TPSA) is 50.2 Å². The molecule has 0 amide bonds. The lowest BCUT2D eigenvalue weighted by atomic mass is 10.2. The number of rotatable bonds is 3. The molecular formula is C11H18N4O. The van der Waals surface area contributed by atoms with Gasteiger partial charge in [-0.1, -0.05) is 0 Å². The van der Waals surface area contributed by atoms with Crippen molar-refractivity contribution in [3.05, 3.63) is 17.5 Å². The normalized spacial score (nSPS) is 22.2. The molecule has 0 bridgehead atoms. The zero-order valence-electron chi connectivity index (χ0n) is 9.81. The van der Waals surface area contributed by atoms with E-state index in [9.17, 15) is 4.79 Å². The predicted octanol–water partition coefficient (Wildman–Crippen LogP) is 0.0263. The minimum atomic E-state index is 0.496. The average Bonchev–Trinajstić information content (AvgIpc) is 2.62. The first-order chi connectivity index (χ1) is 7.70. The van der Waals surface area contributed by atoms with Gasteiger partial charge >= 0.3 is 0 Å².